The summed E-state index contributed by atoms with van der Waals surface area (Å²) in [6.07, 6.45) is 0. The third kappa shape index (κ3) is 2.75. The van der Waals surface area contributed by atoms with Crippen LogP contribution in [-0.2, 0) is 4.79 Å². The summed E-state index contributed by atoms with van der Waals surface area (Å²) in [5.41, 5.74) is 7.74. The number of nitrogens with zero attached hydrogens (tertiary/aromatic N) is 3. The number of benzene rings is 1. The quantitative estimate of drug-likeness (QED) is 0.800. The van der Waals surface area contributed by atoms with Gasteiger partial charge in [-0.25, -0.2) is 0 Å². The third-order valence-corrected chi connectivity index (χ3v) is 3.37. The van der Waals surface area contributed by atoms with Gasteiger partial charge in [0.2, 0.25) is 5.91 Å². The SMILES string of the molecule is CCOc1nc(OCC)nc(C2C(=O)Nc3c(N)cccc32)n1. The molecule has 1 unspecified atom stereocenters. The molecule has 2 heterocycles. The lowest BCUT2D eigenvalue weighted by molar-refractivity contribution is -0.116. The van der Waals surface area contributed by atoms with E-state index in [9.17, 15) is 4.79 Å². The number of hydrogen-bond donors (Lipinski definition) is 2. The van der Waals surface area contributed by atoms with E-state index in [1.54, 1.807) is 12.1 Å². The normalized spacial score (nSPS) is 15.9. The molecule has 0 bridgehead atoms. The molecule has 1 atom stereocenters. The van der Waals surface area contributed by atoms with Crippen LogP contribution in [0.2, 0.25) is 0 Å². The van der Waals surface area contributed by atoms with E-state index < -0.39 is 5.92 Å². The van der Waals surface area contributed by atoms with Crippen LogP contribution in [0, 0.1) is 0 Å². The van der Waals surface area contributed by atoms with Gasteiger partial charge in [0.1, 0.15) is 5.92 Å². The van der Waals surface area contributed by atoms with Gasteiger partial charge in [0.05, 0.1) is 24.6 Å². The smallest absolute Gasteiger partial charge is 0.322 e. The van der Waals surface area contributed by atoms with E-state index in [2.05, 4.69) is 20.3 Å². The van der Waals surface area contributed by atoms with Crippen molar-refractivity contribution in [2.75, 3.05) is 24.3 Å². The molecule has 1 aromatic heterocycles. The summed E-state index contributed by atoms with van der Waals surface area (Å²) in [6, 6.07) is 5.60. The van der Waals surface area contributed by atoms with E-state index in [-0.39, 0.29) is 23.8 Å². The average molecular weight is 315 g/mol. The molecule has 1 aliphatic heterocycles. The maximum atomic E-state index is 12.4. The molecular formula is C15H17N5O3. The van der Waals surface area contributed by atoms with Crippen molar-refractivity contribution in [1.82, 2.24) is 15.0 Å². The number of nitrogens with two attached hydrogens (primary N) is 1. The maximum absolute atomic E-state index is 12.4. The summed E-state index contributed by atoms with van der Waals surface area (Å²) in [7, 11) is 0. The predicted molar refractivity (Wildman–Crippen MR) is 83.5 cm³/mol. The third-order valence-electron chi connectivity index (χ3n) is 3.37. The zero-order chi connectivity index (χ0) is 16.4. The molecule has 1 aromatic carbocycles. The molecule has 2 aromatic rings. The van der Waals surface area contributed by atoms with Crippen LogP contribution >= 0.6 is 0 Å². The van der Waals surface area contributed by atoms with Gasteiger partial charge in [-0.3, -0.25) is 4.79 Å². The molecular weight excluding hydrogens is 298 g/mol. The van der Waals surface area contributed by atoms with Crippen LogP contribution < -0.4 is 20.5 Å². The second-order valence-corrected chi connectivity index (χ2v) is 4.86. The van der Waals surface area contributed by atoms with Gasteiger partial charge in [-0.1, -0.05) is 12.1 Å². The minimum atomic E-state index is -0.671. The molecule has 23 heavy (non-hydrogen) atoms. The van der Waals surface area contributed by atoms with Crippen molar-refractivity contribution in [3.63, 3.8) is 0 Å². The van der Waals surface area contributed by atoms with Gasteiger partial charge in [0.15, 0.2) is 5.82 Å². The van der Waals surface area contributed by atoms with Crippen LogP contribution in [0.4, 0.5) is 11.4 Å². The molecule has 0 aliphatic carbocycles. The van der Waals surface area contributed by atoms with Crippen molar-refractivity contribution < 1.29 is 14.3 Å². The Morgan fingerprint density at radius 3 is 2.39 bits per heavy atom. The number of rotatable bonds is 5. The lowest BCUT2D eigenvalue weighted by atomic mass is 9.99. The lowest BCUT2D eigenvalue weighted by Gasteiger charge is -2.11. The first-order chi connectivity index (χ1) is 11.1. The maximum Gasteiger partial charge on any atom is 0.322 e. The van der Waals surface area contributed by atoms with Crippen LogP contribution in [0.3, 0.4) is 0 Å². The Morgan fingerprint density at radius 2 is 1.78 bits per heavy atom. The van der Waals surface area contributed by atoms with Crippen LogP contribution in [0.15, 0.2) is 18.2 Å². The highest BCUT2D eigenvalue weighted by atomic mass is 16.5. The highest BCUT2D eigenvalue weighted by Gasteiger charge is 2.36. The van der Waals surface area contributed by atoms with Gasteiger partial charge in [0, 0.05) is 0 Å². The van der Waals surface area contributed by atoms with Crippen LogP contribution in [0.25, 0.3) is 0 Å². The Balaban J connectivity index is 2.08. The molecule has 0 saturated heterocycles. The number of fused-ring (bicyclic) bond motifs is 1. The van der Waals surface area contributed by atoms with Crippen molar-refractivity contribution in [3.05, 3.63) is 29.6 Å². The zero-order valence-corrected chi connectivity index (χ0v) is 12.9. The molecule has 120 valence electrons. The highest BCUT2D eigenvalue weighted by molar-refractivity contribution is 6.07. The van der Waals surface area contributed by atoms with E-state index >= 15 is 0 Å². The Labute approximate surface area is 133 Å². The number of carbonyl (C=O) groups excluding carboxylic acids is 1. The summed E-state index contributed by atoms with van der Waals surface area (Å²) in [4.78, 5) is 24.9. The van der Waals surface area contributed by atoms with Crippen LogP contribution in [0.1, 0.15) is 31.2 Å². The lowest BCUT2D eigenvalue weighted by Crippen LogP contribution is -2.17. The molecule has 0 saturated carbocycles. The molecule has 0 radical (unpaired) electrons. The second kappa shape index (κ2) is 6.07. The molecule has 1 amide bonds. The number of hydrogen-bond acceptors (Lipinski definition) is 7. The molecule has 0 fully saturated rings. The Morgan fingerprint density at radius 1 is 1.13 bits per heavy atom. The highest BCUT2D eigenvalue weighted by Crippen LogP contribution is 2.39. The topological polar surface area (TPSA) is 112 Å². The van der Waals surface area contributed by atoms with Crippen molar-refractivity contribution >= 4 is 17.3 Å². The van der Waals surface area contributed by atoms with E-state index in [0.29, 0.717) is 24.6 Å². The fraction of sp³-hybridized carbons (Fsp3) is 0.333. The molecule has 3 N–H and O–H groups in total. The molecule has 1 aliphatic rings. The van der Waals surface area contributed by atoms with Crippen molar-refractivity contribution in [1.29, 1.82) is 0 Å². The first kappa shape index (κ1) is 15.0. The Bertz CT molecular complexity index is 726. The van der Waals surface area contributed by atoms with E-state index in [4.69, 9.17) is 15.2 Å². The second-order valence-electron chi connectivity index (χ2n) is 4.86. The number of ether oxygens (including phenoxy) is 2. The van der Waals surface area contributed by atoms with E-state index in [1.165, 1.54) is 0 Å². The Kier molecular flexibility index (Phi) is 3.96. The molecule has 3 rings (SSSR count). The first-order valence-electron chi connectivity index (χ1n) is 7.34. The summed E-state index contributed by atoms with van der Waals surface area (Å²) < 4.78 is 10.7. The van der Waals surface area contributed by atoms with E-state index in [1.807, 2.05) is 19.9 Å². The number of nitrogens with one attached hydrogen (secondary N) is 1. The first-order valence-corrected chi connectivity index (χ1v) is 7.34. The molecule has 8 nitrogen and oxygen atoms in total. The monoisotopic (exact) mass is 315 g/mol. The number of anilines is 2. The Hall–Kier alpha value is -2.90. The molecule has 0 spiro atoms. The summed E-state index contributed by atoms with van der Waals surface area (Å²) in [5.74, 6) is -0.641. The van der Waals surface area contributed by atoms with Gasteiger partial charge >= 0.3 is 12.0 Å². The fourth-order valence-corrected chi connectivity index (χ4v) is 2.44. The van der Waals surface area contributed by atoms with Crippen molar-refractivity contribution in [2.24, 2.45) is 0 Å². The fourth-order valence-electron chi connectivity index (χ4n) is 2.44. The standard InChI is InChI=1S/C15H17N5O3/c1-3-22-14-18-12(19-15(20-14)23-4-2)10-8-6-5-7-9(16)11(8)17-13(10)21/h5-7,10H,3-4,16H2,1-2H3,(H,17,21). The number of nitrogen functional groups attached to an aromatic ring is 1. The van der Waals surface area contributed by atoms with Gasteiger partial charge in [-0.2, -0.15) is 9.97 Å². The van der Waals surface area contributed by atoms with Crippen LogP contribution in [0.5, 0.6) is 12.0 Å². The summed E-state index contributed by atoms with van der Waals surface area (Å²) >= 11 is 0. The van der Waals surface area contributed by atoms with Crippen molar-refractivity contribution in [2.45, 2.75) is 19.8 Å². The van der Waals surface area contributed by atoms with E-state index in [0.717, 1.165) is 5.56 Å². The predicted octanol–water partition coefficient (Wildman–Crippen LogP) is 1.34. The number of amides is 1. The number of para-hydroxylation sites is 1. The van der Waals surface area contributed by atoms with Gasteiger partial charge in [-0.15, -0.1) is 4.98 Å². The van der Waals surface area contributed by atoms with Gasteiger partial charge in [0.25, 0.3) is 0 Å². The number of aromatic nitrogens is 3. The average Bonchev–Trinajstić information content (AvgIpc) is 2.85. The molecule has 8 heteroatoms. The van der Waals surface area contributed by atoms with Gasteiger partial charge < -0.3 is 20.5 Å². The zero-order valence-electron chi connectivity index (χ0n) is 12.9. The minimum absolute atomic E-state index is 0.131. The summed E-state index contributed by atoms with van der Waals surface area (Å²) in [5, 5.41) is 2.77. The number of carbonyl (C=O) groups is 1. The minimum Gasteiger partial charge on any atom is -0.464 e. The van der Waals surface area contributed by atoms with Crippen molar-refractivity contribution in [3.8, 4) is 12.0 Å². The summed E-state index contributed by atoms with van der Waals surface area (Å²) in [6.45, 7) is 4.44. The van der Waals surface area contributed by atoms with Gasteiger partial charge in [-0.05, 0) is 25.5 Å². The largest absolute Gasteiger partial charge is 0.464 e. The van der Waals surface area contributed by atoms with Crippen LogP contribution in [-0.4, -0.2) is 34.1 Å².